The SMILES string of the molecule is COc1ccc2c(C)ccc(-n3c(Br)nnc3SCC(=O)Nc3ccc(C(=O)O)cc3Cl)c2c1.COc1ccc2c(C)ccc(-n3c(N)n[nH]c3=S)c2c1.COc1ccc2c(C)ccc(-n3c(N)nnc3SCC(=O)Nc3ccc(C(=O)O)cc3Cl)c2c1.COc1ccc2c(C)ccc(N=C=S)c2c1.O=C(CCl)Nc1ccc(C(=O)O)cc1Cl. The van der Waals surface area contributed by atoms with Crippen LogP contribution in [-0.4, -0.2) is 146 Å². The van der Waals surface area contributed by atoms with E-state index in [1.165, 1.54) is 77.5 Å². The number of aryl methyl sites for hydroxylation is 4. The number of benzene rings is 11. The van der Waals surface area contributed by atoms with Gasteiger partial charge in [0.2, 0.25) is 39.1 Å². The highest BCUT2D eigenvalue weighted by Crippen LogP contribution is 2.38. The van der Waals surface area contributed by atoms with Gasteiger partial charge in [0.25, 0.3) is 0 Å². The molecular formula is C82H70BrCl4N15O13S4. The Morgan fingerprint density at radius 3 is 1.18 bits per heavy atom. The number of nitrogens with one attached hydrogen (secondary N) is 4. The molecule has 119 heavy (non-hydrogen) atoms. The van der Waals surface area contributed by atoms with Crippen molar-refractivity contribution in [3.63, 3.8) is 0 Å². The number of ether oxygens (including phenoxy) is 4. The molecule has 3 heterocycles. The van der Waals surface area contributed by atoms with Crippen molar-refractivity contribution < 1.29 is 63.0 Å². The predicted molar refractivity (Wildman–Crippen MR) is 478 cm³/mol. The number of anilines is 5. The second kappa shape index (κ2) is 40.8. The van der Waals surface area contributed by atoms with Crippen LogP contribution in [0.3, 0.4) is 0 Å². The number of H-pyrrole nitrogens is 1. The van der Waals surface area contributed by atoms with Crippen LogP contribution in [0.4, 0.5) is 34.6 Å². The molecule has 11 aromatic carbocycles. The van der Waals surface area contributed by atoms with E-state index in [0.29, 0.717) is 48.6 Å². The zero-order chi connectivity index (χ0) is 86.1. The number of nitrogens with two attached hydrogens (primary N) is 2. The molecule has 0 saturated carbocycles. The fraction of sp³-hybridized carbons (Fsp3) is 0.134. The summed E-state index contributed by atoms with van der Waals surface area (Å²) in [6.45, 7) is 8.19. The van der Waals surface area contributed by atoms with E-state index >= 15 is 0 Å². The number of thiocarbonyl (C=S) groups is 1. The predicted octanol–water partition coefficient (Wildman–Crippen LogP) is 19.1. The third-order valence-electron chi connectivity index (χ3n) is 17.8. The number of aromatic nitrogens is 9. The number of aromatic amines is 1. The number of carboxylic acids is 3. The number of halogens is 5. The van der Waals surface area contributed by atoms with Gasteiger partial charge in [0.05, 0.1) is 117 Å². The van der Waals surface area contributed by atoms with Gasteiger partial charge in [-0.15, -0.1) is 37.1 Å². The van der Waals surface area contributed by atoms with Gasteiger partial charge < -0.3 is 61.7 Å². The lowest BCUT2D eigenvalue weighted by Crippen LogP contribution is -2.15. The summed E-state index contributed by atoms with van der Waals surface area (Å²) < 4.78 is 27.5. The summed E-state index contributed by atoms with van der Waals surface area (Å²) in [6.07, 6.45) is 0. The smallest absolute Gasteiger partial charge is 0.335 e. The molecule has 0 spiro atoms. The zero-order valence-corrected chi connectivity index (χ0v) is 71.9. The van der Waals surface area contributed by atoms with Gasteiger partial charge in [0.15, 0.2) is 10.3 Å². The summed E-state index contributed by atoms with van der Waals surface area (Å²) >= 11 is 39.0. The van der Waals surface area contributed by atoms with Crippen LogP contribution in [0.15, 0.2) is 196 Å². The monoisotopic (exact) mass is 1820 g/mol. The second-order valence-electron chi connectivity index (χ2n) is 25.3. The van der Waals surface area contributed by atoms with E-state index in [-0.39, 0.29) is 66.9 Å². The first-order valence-electron chi connectivity index (χ1n) is 34.9. The minimum Gasteiger partial charge on any atom is -0.497 e. The van der Waals surface area contributed by atoms with Gasteiger partial charge in [-0.05, 0) is 239 Å². The van der Waals surface area contributed by atoms with Gasteiger partial charge in [0.1, 0.15) is 28.9 Å². The van der Waals surface area contributed by atoms with E-state index in [0.717, 1.165) is 106 Å². The summed E-state index contributed by atoms with van der Waals surface area (Å²) in [5.41, 5.74) is 21.1. The second-order valence-corrected chi connectivity index (χ2v) is 29.9. The Hall–Kier alpha value is -12.1. The summed E-state index contributed by atoms with van der Waals surface area (Å²) in [5, 5.41) is 69.8. The van der Waals surface area contributed by atoms with Crippen LogP contribution >= 0.6 is 110 Å². The molecule has 3 amide bonds. The number of methoxy groups -OCH3 is 4. The maximum Gasteiger partial charge on any atom is 0.335 e. The standard InChI is InChI=1S/C23H18BrClN4O4S.C23H20ClN5O4S.C14H14N4OS.C13H11NOS.C9H7Cl2NO3/c1-12-3-8-19(16-10-14(33-2)5-6-15(12)16)29-22(24)27-28-23(29)34-11-20(30)26-18-7-4-13(21(31)32)9-17(18)25;1-12-3-8-19(16-10-14(33-2)5-6-15(12)16)29-22(25)27-28-23(29)34-11-20(30)26-18-7-4-13(21(31)32)9-17(18)24;1-8-3-6-12(18-13(15)16-17-14(18)20)11-7-9(19-2)4-5-10(8)11;1-9-3-6-13(14-8-16)12-7-10(15-2)4-5-11(9)12;10-4-8(13)12-7-2-1-5(9(14)15)3-6(7)11/h3-10H,11H2,1-2H3,(H,26,30)(H,31,32);3-10H,11H2,1-2H3,(H2,25,27)(H,26,30)(H,31,32);3-7H,1-2H3,(H2,15,16)(H,17,20);3-7H,1-2H3;1-3H,4H2,(H,12,13)(H,14,15). The van der Waals surface area contributed by atoms with Crippen LogP contribution in [0.25, 0.3) is 60.2 Å². The van der Waals surface area contributed by atoms with E-state index in [1.54, 1.807) is 37.6 Å². The number of carbonyl (C=O) groups is 6. The number of fused-ring (bicyclic) bond motifs is 4. The van der Waals surface area contributed by atoms with Crippen molar-refractivity contribution in [2.75, 3.05) is 73.2 Å². The van der Waals surface area contributed by atoms with Crippen LogP contribution < -0.4 is 46.4 Å². The molecule has 0 saturated heterocycles. The molecule has 11 N–H and O–H groups in total. The molecule has 37 heteroatoms. The maximum atomic E-state index is 12.6. The number of aliphatic imine (C=N–C) groups is 1. The zero-order valence-electron chi connectivity index (χ0n) is 64.0. The average Bonchev–Trinajstić information content (AvgIpc) is 1.75. The van der Waals surface area contributed by atoms with Gasteiger partial charge in [-0.25, -0.2) is 19.5 Å². The largest absolute Gasteiger partial charge is 0.497 e. The molecule has 0 unspecified atom stereocenters. The summed E-state index contributed by atoms with van der Waals surface area (Å²) in [5.74, 6) is -0.941. The third kappa shape index (κ3) is 21.8. The lowest BCUT2D eigenvalue weighted by atomic mass is 10.0. The van der Waals surface area contributed by atoms with E-state index in [4.69, 9.17) is 104 Å². The highest BCUT2D eigenvalue weighted by molar-refractivity contribution is 9.10. The van der Waals surface area contributed by atoms with E-state index in [9.17, 15) is 28.8 Å². The first-order chi connectivity index (χ1) is 57.0. The topological polar surface area (TPSA) is 396 Å². The number of isothiocyanates is 1. The van der Waals surface area contributed by atoms with Crippen molar-refractivity contribution in [3.8, 4) is 40.1 Å². The first kappa shape index (κ1) is 89.2. The molecule has 0 bridgehead atoms. The van der Waals surface area contributed by atoms with Crippen LogP contribution in [0.2, 0.25) is 15.1 Å². The number of hydrogen-bond donors (Lipinski definition) is 9. The molecule has 28 nitrogen and oxygen atoms in total. The molecule has 0 fully saturated rings. The lowest BCUT2D eigenvalue weighted by molar-refractivity contribution is -0.114. The number of thioether (sulfide) groups is 2. The van der Waals surface area contributed by atoms with Crippen molar-refractivity contribution in [2.45, 2.75) is 38.0 Å². The Balaban J connectivity index is 0.000000163. The Labute approximate surface area is 726 Å². The fourth-order valence-electron chi connectivity index (χ4n) is 11.8. The van der Waals surface area contributed by atoms with Gasteiger partial charge in [-0.3, -0.25) is 28.1 Å². The van der Waals surface area contributed by atoms with E-state index in [2.05, 4.69) is 98.7 Å². The molecule has 0 radical (unpaired) electrons. The number of carbonyl (C=O) groups excluding carboxylic acids is 3. The summed E-state index contributed by atoms with van der Waals surface area (Å²) in [6, 6.07) is 51.7. The Kier molecular flexibility index (Phi) is 30.6. The number of aromatic carboxylic acids is 3. The van der Waals surface area contributed by atoms with Gasteiger partial charge >= 0.3 is 17.9 Å². The number of nitrogen functional groups attached to an aromatic ring is 2. The quantitative estimate of drug-likeness (QED) is 0.0140. The van der Waals surface area contributed by atoms with Crippen LogP contribution in [-0.2, 0) is 14.4 Å². The third-order valence-corrected chi connectivity index (χ3v) is 21.7. The number of alkyl halides is 1. The molecule has 0 aliphatic carbocycles. The molecule has 0 aliphatic rings. The Morgan fingerprint density at radius 2 is 0.824 bits per heavy atom. The normalized spacial score (nSPS) is 10.6. The van der Waals surface area contributed by atoms with Crippen LogP contribution in [0, 0.1) is 32.5 Å². The summed E-state index contributed by atoms with van der Waals surface area (Å²) in [4.78, 5) is 72.8. The van der Waals surface area contributed by atoms with Crippen LogP contribution in [0.1, 0.15) is 53.3 Å². The Morgan fingerprint density at radius 1 is 0.471 bits per heavy atom. The van der Waals surface area contributed by atoms with Crippen molar-refractivity contribution in [2.24, 2.45) is 4.99 Å². The number of carboxylic acid groups (broad SMARTS) is 3. The number of nitrogens with zero attached hydrogens (tertiary/aromatic N) is 9. The van der Waals surface area contributed by atoms with E-state index < -0.39 is 23.8 Å². The Bertz CT molecular complexity index is 6170. The minimum atomic E-state index is -1.10. The molecule has 3 aromatic heterocycles. The highest BCUT2D eigenvalue weighted by Gasteiger charge is 2.22. The van der Waals surface area contributed by atoms with Crippen molar-refractivity contribution in [3.05, 3.63) is 239 Å². The minimum absolute atomic E-state index is 0.00224. The van der Waals surface area contributed by atoms with Gasteiger partial charge in [-0.1, -0.05) is 107 Å². The highest BCUT2D eigenvalue weighted by atomic mass is 79.9. The fourth-order valence-corrected chi connectivity index (χ4v) is 15.0. The number of rotatable bonds is 21. The van der Waals surface area contributed by atoms with Crippen molar-refractivity contribution in [1.82, 2.24) is 44.3 Å². The average molecular weight is 1820 g/mol. The van der Waals surface area contributed by atoms with Crippen molar-refractivity contribution >= 4 is 229 Å². The molecule has 0 atom stereocenters. The van der Waals surface area contributed by atoms with Crippen molar-refractivity contribution in [1.29, 1.82) is 0 Å². The van der Waals surface area contributed by atoms with Gasteiger partial charge in [0, 0.05) is 21.5 Å². The van der Waals surface area contributed by atoms with Crippen LogP contribution in [0.5, 0.6) is 23.0 Å². The summed E-state index contributed by atoms with van der Waals surface area (Å²) in [7, 11) is 6.52. The maximum absolute atomic E-state index is 12.6. The first-order valence-corrected chi connectivity index (χ1v) is 40.2. The van der Waals surface area contributed by atoms with Gasteiger partial charge in [-0.2, -0.15) is 4.99 Å². The number of hydrogen-bond acceptors (Lipinski definition) is 22. The molecule has 14 aromatic rings. The molecule has 14 rings (SSSR count). The van der Waals surface area contributed by atoms with E-state index in [1.807, 2.05) is 140 Å². The molecular weight excluding hydrogens is 1750 g/mol. The molecule has 610 valence electrons. The molecule has 0 aliphatic heterocycles. The number of amides is 3. The lowest BCUT2D eigenvalue weighted by Gasteiger charge is -2.14.